The Kier molecular flexibility index (Phi) is 4.72. The third kappa shape index (κ3) is 3.82. The zero-order valence-corrected chi connectivity index (χ0v) is 11.2. The molecule has 1 aromatic carbocycles. The molecule has 5 heteroatoms. The van der Waals surface area contributed by atoms with Gasteiger partial charge in [-0.25, -0.2) is 0 Å². The van der Waals surface area contributed by atoms with Crippen LogP contribution in [0.15, 0.2) is 24.3 Å². The van der Waals surface area contributed by atoms with Crippen LogP contribution >= 0.6 is 0 Å². The van der Waals surface area contributed by atoms with Gasteiger partial charge in [-0.1, -0.05) is 19.3 Å². The minimum Gasteiger partial charge on any atom is -0.345 e. The number of hydrogen-bond donors (Lipinski definition) is 2. The molecule has 1 aliphatic rings. The molecule has 2 amide bonds. The van der Waals surface area contributed by atoms with Gasteiger partial charge in [-0.3, -0.25) is 9.59 Å². The Morgan fingerprint density at radius 3 is 2.30 bits per heavy atom. The molecule has 1 fully saturated rings. The van der Waals surface area contributed by atoms with Gasteiger partial charge in [0.1, 0.15) is 0 Å². The molecule has 2 N–H and O–H groups in total. The van der Waals surface area contributed by atoms with E-state index in [1.165, 1.54) is 6.42 Å². The predicted octanol–water partition coefficient (Wildman–Crippen LogP) is 1.95. The SMILES string of the molecule is N#Cc1ccc(NC(=O)C(=O)NC2CCCCC2)cc1. The van der Waals surface area contributed by atoms with E-state index in [1.807, 2.05) is 6.07 Å². The molecule has 0 unspecified atom stereocenters. The van der Waals surface area contributed by atoms with Crippen LogP contribution in [-0.4, -0.2) is 17.9 Å². The Morgan fingerprint density at radius 1 is 1.05 bits per heavy atom. The van der Waals surface area contributed by atoms with Crippen molar-refractivity contribution in [1.82, 2.24) is 5.32 Å². The maximum absolute atomic E-state index is 11.8. The average molecular weight is 271 g/mol. The lowest BCUT2D eigenvalue weighted by molar-refractivity contribution is -0.136. The van der Waals surface area contributed by atoms with E-state index in [0.717, 1.165) is 25.7 Å². The molecule has 0 aliphatic heterocycles. The highest BCUT2D eigenvalue weighted by molar-refractivity contribution is 6.39. The van der Waals surface area contributed by atoms with Crippen LogP contribution in [0.25, 0.3) is 0 Å². The van der Waals surface area contributed by atoms with Gasteiger partial charge in [0.2, 0.25) is 0 Å². The standard InChI is InChI=1S/C15H17N3O2/c16-10-11-6-8-13(9-7-11)18-15(20)14(19)17-12-4-2-1-3-5-12/h6-9,12H,1-5H2,(H,17,19)(H,18,20). The summed E-state index contributed by atoms with van der Waals surface area (Å²) in [5.74, 6) is -1.26. The lowest BCUT2D eigenvalue weighted by Gasteiger charge is -2.22. The highest BCUT2D eigenvalue weighted by atomic mass is 16.2. The maximum Gasteiger partial charge on any atom is 0.313 e. The van der Waals surface area contributed by atoms with Gasteiger partial charge in [0.25, 0.3) is 0 Å². The van der Waals surface area contributed by atoms with Crippen molar-refractivity contribution >= 4 is 17.5 Å². The van der Waals surface area contributed by atoms with Gasteiger partial charge in [0, 0.05) is 11.7 Å². The van der Waals surface area contributed by atoms with Crippen molar-refractivity contribution in [3.8, 4) is 6.07 Å². The Labute approximate surface area is 118 Å². The Bertz CT molecular complexity index is 525. The molecule has 1 aromatic rings. The van der Waals surface area contributed by atoms with E-state index in [2.05, 4.69) is 10.6 Å². The second kappa shape index (κ2) is 6.71. The van der Waals surface area contributed by atoms with Gasteiger partial charge in [-0.2, -0.15) is 5.26 Å². The van der Waals surface area contributed by atoms with Crippen molar-refractivity contribution < 1.29 is 9.59 Å². The summed E-state index contributed by atoms with van der Waals surface area (Å²) in [6, 6.07) is 8.49. The van der Waals surface area contributed by atoms with E-state index >= 15 is 0 Å². The average Bonchev–Trinajstić information content (AvgIpc) is 2.49. The number of nitrogens with one attached hydrogen (secondary N) is 2. The van der Waals surface area contributed by atoms with Crippen LogP contribution in [0.3, 0.4) is 0 Å². The molecule has 0 spiro atoms. The third-order valence-electron chi connectivity index (χ3n) is 3.42. The van der Waals surface area contributed by atoms with Crippen molar-refractivity contribution in [2.75, 3.05) is 5.32 Å². The van der Waals surface area contributed by atoms with Crippen LogP contribution in [0.5, 0.6) is 0 Å². The summed E-state index contributed by atoms with van der Waals surface area (Å²) in [6.07, 6.45) is 5.28. The molecule has 104 valence electrons. The molecule has 0 bridgehead atoms. The fourth-order valence-corrected chi connectivity index (χ4v) is 2.31. The molecule has 1 aliphatic carbocycles. The van der Waals surface area contributed by atoms with E-state index in [0.29, 0.717) is 11.3 Å². The van der Waals surface area contributed by atoms with E-state index in [-0.39, 0.29) is 6.04 Å². The van der Waals surface area contributed by atoms with Gasteiger partial charge in [0.15, 0.2) is 0 Å². The summed E-state index contributed by atoms with van der Waals surface area (Å²) in [6.45, 7) is 0. The number of anilines is 1. The zero-order valence-electron chi connectivity index (χ0n) is 11.2. The minimum absolute atomic E-state index is 0.114. The topological polar surface area (TPSA) is 82.0 Å². The molecule has 0 radical (unpaired) electrons. The van der Waals surface area contributed by atoms with E-state index in [9.17, 15) is 9.59 Å². The first kappa shape index (κ1) is 14.1. The molecule has 5 nitrogen and oxygen atoms in total. The van der Waals surface area contributed by atoms with Crippen LogP contribution in [-0.2, 0) is 9.59 Å². The first-order valence-electron chi connectivity index (χ1n) is 6.81. The van der Waals surface area contributed by atoms with Gasteiger partial charge in [-0.15, -0.1) is 0 Å². The maximum atomic E-state index is 11.8. The van der Waals surface area contributed by atoms with Gasteiger partial charge in [-0.05, 0) is 37.1 Å². The second-order valence-electron chi connectivity index (χ2n) is 4.95. The first-order chi connectivity index (χ1) is 9.69. The van der Waals surface area contributed by atoms with Crippen LogP contribution in [0.4, 0.5) is 5.69 Å². The number of carbonyl (C=O) groups excluding carboxylic acids is 2. The second-order valence-corrected chi connectivity index (χ2v) is 4.95. The van der Waals surface area contributed by atoms with Crippen molar-refractivity contribution in [3.05, 3.63) is 29.8 Å². The van der Waals surface area contributed by atoms with E-state index in [1.54, 1.807) is 24.3 Å². The summed E-state index contributed by atoms with van der Waals surface area (Å²) in [5.41, 5.74) is 1.02. The fraction of sp³-hybridized carbons (Fsp3) is 0.400. The van der Waals surface area contributed by atoms with Crippen LogP contribution < -0.4 is 10.6 Å². The predicted molar refractivity (Wildman–Crippen MR) is 74.8 cm³/mol. The van der Waals surface area contributed by atoms with Crippen LogP contribution in [0.1, 0.15) is 37.7 Å². The number of carbonyl (C=O) groups is 2. The molecular formula is C15H17N3O2. The Balaban J connectivity index is 1.86. The van der Waals surface area contributed by atoms with E-state index in [4.69, 9.17) is 5.26 Å². The molecule has 0 saturated heterocycles. The number of rotatable bonds is 2. The lowest BCUT2D eigenvalue weighted by Crippen LogP contribution is -2.42. The molecule has 1 saturated carbocycles. The molecular weight excluding hydrogens is 254 g/mol. The number of nitrogens with zero attached hydrogens (tertiary/aromatic N) is 1. The largest absolute Gasteiger partial charge is 0.345 e. The van der Waals surface area contributed by atoms with Crippen molar-refractivity contribution in [2.24, 2.45) is 0 Å². The molecule has 0 atom stereocenters. The first-order valence-corrected chi connectivity index (χ1v) is 6.81. The molecule has 0 heterocycles. The van der Waals surface area contributed by atoms with Gasteiger partial charge in [0.05, 0.1) is 11.6 Å². The monoisotopic (exact) mass is 271 g/mol. The van der Waals surface area contributed by atoms with E-state index < -0.39 is 11.8 Å². The minimum atomic E-state index is -0.666. The molecule has 20 heavy (non-hydrogen) atoms. The summed E-state index contributed by atoms with van der Waals surface area (Å²) in [5, 5.41) is 14.0. The highest BCUT2D eigenvalue weighted by Gasteiger charge is 2.20. The molecule has 0 aromatic heterocycles. The van der Waals surface area contributed by atoms with Crippen LogP contribution in [0.2, 0.25) is 0 Å². The third-order valence-corrected chi connectivity index (χ3v) is 3.42. The summed E-state index contributed by atoms with van der Waals surface area (Å²) in [4.78, 5) is 23.5. The van der Waals surface area contributed by atoms with Gasteiger partial charge < -0.3 is 10.6 Å². The van der Waals surface area contributed by atoms with Crippen molar-refractivity contribution in [2.45, 2.75) is 38.1 Å². The van der Waals surface area contributed by atoms with Crippen LogP contribution in [0, 0.1) is 11.3 Å². The summed E-state index contributed by atoms with van der Waals surface area (Å²) in [7, 11) is 0. The smallest absolute Gasteiger partial charge is 0.313 e. The van der Waals surface area contributed by atoms with Gasteiger partial charge >= 0.3 is 11.8 Å². The lowest BCUT2D eigenvalue weighted by atomic mass is 9.95. The quantitative estimate of drug-likeness (QED) is 0.806. The number of hydrogen-bond acceptors (Lipinski definition) is 3. The number of amides is 2. The zero-order chi connectivity index (χ0) is 14.4. The fourth-order valence-electron chi connectivity index (χ4n) is 2.31. The van der Waals surface area contributed by atoms with Crippen molar-refractivity contribution in [1.29, 1.82) is 5.26 Å². The normalized spacial score (nSPS) is 15.2. The highest BCUT2D eigenvalue weighted by Crippen LogP contribution is 2.17. The Morgan fingerprint density at radius 2 is 1.70 bits per heavy atom. The number of benzene rings is 1. The molecule has 2 rings (SSSR count). The Hall–Kier alpha value is -2.35. The van der Waals surface area contributed by atoms with Crippen molar-refractivity contribution in [3.63, 3.8) is 0 Å². The summed E-state index contributed by atoms with van der Waals surface area (Å²) >= 11 is 0. The summed E-state index contributed by atoms with van der Waals surface area (Å²) < 4.78 is 0. The number of nitriles is 1.